The number of anilines is 1. The van der Waals surface area contributed by atoms with Crippen LogP contribution in [0.1, 0.15) is 27.0 Å². The van der Waals surface area contributed by atoms with Crippen LogP contribution < -0.4 is 5.32 Å². The Morgan fingerprint density at radius 3 is 2.48 bits per heavy atom. The van der Waals surface area contributed by atoms with Gasteiger partial charge >= 0.3 is 5.97 Å². The van der Waals surface area contributed by atoms with Crippen molar-refractivity contribution in [1.29, 1.82) is 0 Å². The van der Waals surface area contributed by atoms with Gasteiger partial charge in [-0.1, -0.05) is 53.6 Å². The number of ether oxygens (including phenoxy) is 1. The van der Waals surface area contributed by atoms with Gasteiger partial charge in [0.2, 0.25) is 0 Å². The maximum Gasteiger partial charge on any atom is 0.340 e. The number of benzodiazepines with no additional fused rings is 1. The van der Waals surface area contributed by atoms with Crippen molar-refractivity contribution in [3.05, 3.63) is 100 Å². The van der Waals surface area contributed by atoms with Crippen LogP contribution in [0.15, 0.2) is 77.8 Å². The molecule has 6 heteroatoms. The molecule has 0 saturated carbocycles. The third-order valence-electron chi connectivity index (χ3n) is 4.50. The number of benzene rings is 3. The van der Waals surface area contributed by atoms with E-state index in [-0.39, 0.29) is 5.56 Å². The molecule has 1 amide bonds. The molecule has 144 valence electrons. The van der Waals surface area contributed by atoms with Crippen molar-refractivity contribution in [3.8, 4) is 0 Å². The van der Waals surface area contributed by atoms with Crippen molar-refractivity contribution < 1.29 is 14.3 Å². The minimum Gasteiger partial charge on any atom is -0.426 e. The lowest BCUT2D eigenvalue weighted by molar-refractivity contribution is -0.124. The normalized spacial score (nSPS) is 15.6. The van der Waals surface area contributed by atoms with Crippen LogP contribution in [0.2, 0.25) is 5.02 Å². The van der Waals surface area contributed by atoms with Crippen LogP contribution in [0.3, 0.4) is 0 Å². The predicted octanol–water partition coefficient (Wildman–Crippen LogP) is 4.62. The van der Waals surface area contributed by atoms with E-state index < -0.39 is 18.1 Å². The molecule has 0 fully saturated rings. The molecule has 0 aromatic heterocycles. The first-order chi connectivity index (χ1) is 14.0. The minimum atomic E-state index is -1.32. The summed E-state index contributed by atoms with van der Waals surface area (Å²) in [6.07, 6.45) is -1.32. The van der Waals surface area contributed by atoms with E-state index in [1.54, 1.807) is 24.3 Å². The smallest absolute Gasteiger partial charge is 0.340 e. The van der Waals surface area contributed by atoms with E-state index in [0.29, 0.717) is 16.4 Å². The summed E-state index contributed by atoms with van der Waals surface area (Å²) in [6.45, 7) is 1.97. The van der Waals surface area contributed by atoms with E-state index in [4.69, 9.17) is 16.3 Å². The van der Waals surface area contributed by atoms with Gasteiger partial charge in [0, 0.05) is 16.1 Å². The number of hydrogen-bond donors (Lipinski definition) is 1. The molecule has 5 nitrogen and oxygen atoms in total. The number of nitrogens with zero attached hydrogens (tertiary/aromatic N) is 1. The zero-order valence-electron chi connectivity index (χ0n) is 15.6. The number of esters is 1. The molecular formula is C23H17ClN2O3. The third-order valence-corrected chi connectivity index (χ3v) is 4.76. The van der Waals surface area contributed by atoms with Crippen molar-refractivity contribution in [2.45, 2.75) is 13.2 Å². The molecule has 0 radical (unpaired) electrons. The van der Waals surface area contributed by atoms with Gasteiger partial charge in [0.15, 0.2) is 0 Å². The molecule has 1 aliphatic heterocycles. The van der Waals surface area contributed by atoms with Crippen LogP contribution in [0.25, 0.3) is 0 Å². The SMILES string of the molecule is Cc1ccc2c(c1)C(c1ccccc1)=N[C@H](OC(=O)c1ccc(Cl)cc1)C(=O)N2. The molecular weight excluding hydrogens is 388 g/mol. The quantitative estimate of drug-likeness (QED) is 0.647. The van der Waals surface area contributed by atoms with E-state index in [9.17, 15) is 9.59 Å². The Labute approximate surface area is 173 Å². The second kappa shape index (κ2) is 7.89. The average Bonchev–Trinajstić information content (AvgIpc) is 2.86. The second-order valence-electron chi connectivity index (χ2n) is 6.65. The molecule has 3 aromatic carbocycles. The average molecular weight is 405 g/mol. The molecule has 29 heavy (non-hydrogen) atoms. The van der Waals surface area contributed by atoms with Crippen molar-refractivity contribution in [3.63, 3.8) is 0 Å². The maximum absolute atomic E-state index is 12.7. The summed E-state index contributed by atoms with van der Waals surface area (Å²) in [4.78, 5) is 29.8. The molecule has 1 heterocycles. The van der Waals surface area contributed by atoms with Gasteiger partial charge in [0.05, 0.1) is 17.0 Å². The predicted molar refractivity (Wildman–Crippen MR) is 113 cm³/mol. The minimum absolute atomic E-state index is 0.288. The number of amides is 1. The van der Waals surface area contributed by atoms with Gasteiger partial charge in [0.25, 0.3) is 12.1 Å². The summed E-state index contributed by atoms with van der Waals surface area (Å²) in [5, 5.41) is 3.32. The van der Waals surface area contributed by atoms with Gasteiger partial charge in [-0.25, -0.2) is 9.79 Å². The second-order valence-corrected chi connectivity index (χ2v) is 7.08. The molecule has 1 atom stereocenters. The zero-order chi connectivity index (χ0) is 20.4. The number of rotatable bonds is 3. The number of halogens is 1. The molecule has 0 saturated heterocycles. The Bertz CT molecular complexity index is 1110. The van der Waals surface area contributed by atoms with E-state index in [1.165, 1.54) is 0 Å². The summed E-state index contributed by atoms with van der Waals surface area (Å²) in [6, 6.07) is 21.4. The molecule has 4 rings (SSSR count). The molecule has 3 aromatic rings. The Kier molecular flexibility index (Phi) is 5.14. The van der Waals surface area contributed by atoms with Crippen LogP contribution in [-0.2, 0) is 9.53 Å². The van der Waals surface area contributed by atoms with E-state index in [2.05, 4.69) is 10.3 Å². The monoisotopic (exact) mass is 404 g/mol. The van der Waals surface area contributed by atoms with E-state index in [1.807, 2.05) is 55.5 Å². The first-order valence-corrected chi connectivity index (χ1v) is 9.41. The maximum atomic E-state index is 12.7. The zero-order valence-corrected chi connectivity index (χ0v) is 16.3. The van der Waals surface area contributed by atoms with Gasteiger partial charge < -0.3 is 10.1 Å². The van der Waals surface area contributed by atoms with Crippen molar-refractivity contribution in [2.75, 3.05) is 5.32 Å². The van der Waals surface area contributed by atoms with Gasteiger partial charge in [-0.2, -0.15) is 0 Å². The fraction of sp³-hybridized carbons (Fsp3) is 0.0870. The van der Waals surface area contributed by atoms with Crippen LogP contribution in [0, 0.1) is 6.92 Å². The number of aliphatic imine (C=N–C) groups is 1. The van der Waals surface area contributed by atoms with Crippen molar-refractivity contribution >= 4 is 34.9 Å². The topological polar surface area (TPSA) is 67.8 Å². The Morgan fingerprint density at radius 2 is 1.76 bits per heavy atom. The largest absolute Gasteiger partial charge is 0.426 e. The van der Waals surface area contributed by atoms with E-state index in [0.717, 1.165) is 16.7 Å². The summed E-state index contributed by atoms with van der Waals surface area (Å²) in [5.41, 5.74) is 4.11. The first kappa shape index (κ1) is 18.9. The summed E-state index contributed by atoms with van der Waals surface area (Å²) in [5.74, 6) is -1.16. The molecule has 1 aliphatic rings. The lowest BCUT2D eigenvalue weighted by atomic mass is 9.99. The van der Waals surface area contributed by atoms with Crippen LogP contribution in [0.4, 0.5) is 5.69 Å². The first-order valence-electron chi connectivity index (χ1n) is 9.03. The number of fused-ring (bicyclic) bond motifs is 1. The number of hydrogen-bond acceptors (Lipinski definition) is 4. The Morgan fingerprint density at radius 1 is 1.03 bits per heavy atom. The molecule has 0 bridgehead atoms. The fourth-order valence-electron chi connectivity index (χ4n) is 3.06. The van der Waals surface area contributed by atoms with Gasteiger partial charge in [-0.3, -0.25) is 4.79 Å². The number of carbonyl (C=O) groups is 2. The molecule has 0 aliphatic carbocycles. The summed E-state index contributed by atoms with van der Waals surface area (Å²) >= 11 is 5.87. The van der Waals surface area contributed by atoms with Crippen LogP contribution in [0.5, 0.6) is 0 Å². The lowest BCUT2D eigenvalue weighted by Gasteiger charge is -2.12. The number of aryl methyl sites for hydroxylation is 1. The number of nitrogens with one attached hydrogen (secondary N) is 1. The Hall–Kier alpha value is -3.44. The molecule has 1 N–H and O–H groups in total. The van der Waals surface area contributed by atoms with Crippen LogP contribution in [-0.4, -0.2) is 23.8 Å². The summed E-state index contributed by atoms with van der Waals surface area (Å²) in [7, 11) is 0. The number of carbonyl (C=O) groups excluding carboxylic acids is 2. The Balaban J connectivity index is 1.75. The lowest BCUT2D eigenvalue weighted by Crippen LogP contribution is -2.30. The summed E-state index contributed by atoms with van der Waals surface area (Å²) < 4.78 is 5.44. The highest BCUT2D eigenvalue weighted by Crippen LogP contribution is 2.26. The van der Waals surface area contributed by atoms with Gasteiger partial charge in [-0.05, 0) is 43.3 Å². The standard InChI is InChI=1S/C23H17ClN2O3/c1-14-7-12-19-18(13-14)20(15-5-3-2-4-6-15)26-22(21(27)25-19)29-23(28)16-8-10-17(24)11-9-16/h2-13,22H,1H3,(H,25,27)/t22-/m1/s1. The van der Waals surface area contributed by atoms with Crippen molar-refractivity contribution in [2.24, 2.45) is 4.99 Å². The van der Waals surface area contributed by atoms with Crippen LogP contribution >= 0.6 is 11.6 Å². The highest BCUT2D eigenvalue weighted by atomic mass is 35.5. The third kappa shape index (κ3) is 4.05. The van der Waals surface area contributed by atoms with Gasteiger partial charge in [0.1, 0.15) is 0 Å². The van der Waals surface area contributed by atoms with Crippen molar-refractivity contribution in [1.82, 2.24) is 0 Å². The highest BCUT2D eigenvalue weighted by Gasteiger charge is 2.29. The fourth-order valence-corrected chi connectivity index (χ4v) is 3.19. The van der Waals surface area contributed by atoms with E-state index >= 15 is 0 Å². The highest BCUT2D eigenvalue weighted by molar-refractivity contribution is 6.30. The van der Waals surface area contributed by atoms with Gasteiger partial charge in [-0.15, -0.1) is 0 Å². The molecule has 0 spiro atoms. The molecule has 0 unspecified atom stereocenters.